The average molecular weight is 198 g/mol. The van der Waals surface area contributed by atoms with Gasteiger partial charge in [0.2, 0.25) is 5.88 Å². The Morgan fingerprint density at radius 3 is 3.07 bits per heavy atom. The van der Waals surface area contributed by atoms with E-state index >= 15 is 0 Å². The van der Waals surface area contributed by atoms with Gasteiger partial charge in [0.15, 0.2) is 5.82 Å². The molecule has 0 atom stereocenters. The van der Waals surface area contributed by atoms with Gasteiger partial charge in [-0.05, 0) is 6.92 Å². The molecule has 78 valence electrons. The SMILES string of the molecule is CCOc1cc(NC(CC)=NO)n[nH]1. The summed E-state index contributed by atoms with van der Waals surface area (Å²) in [4.78, 5) is 0. The highest BCUT2D eigenvalue weighted by Gasteiger charge is 2.03. The van der Waals surface area contributed by atoms with E-state index in [-0.39, 0.29) is 0 Å². The Labute approximate surface area is 82.0 Å². The normalized spacial score (nSPS) is 11.4. The van der Waals surface area contributed by atoms with Crippen molar-refractivity contribution in [3.63, 3.8) is 0 Å². The molecule has 0 saturated carbocycles. The molecule has 0 bridgehead atoms. The standard InChI is InChI=1S/C8H14N4O2/c1-3-6(12-13)9-7-5-8(11-10-7)14-4-2/h5,13H,3-4H2,1-2H3,(H2,9,10,11,12). The minimum atomic E-state index is 0.458. The largest absolute Gasteiger partial charge is 0.478 e. The Balaban J connectivity index is 2.59. The van der Waals surface area contributed by atoms with Gasteiger partial charge in [-0.3, -0.25) is 0 Å². The van der Waals surface area contributed by atoms with Gasteiger partial charge >= 0.3 is 0 Å². The number of ether oxygens (including phenoxy) is 1. The number of aromatic amines is 1. The number of hydrogen-bond donors (Lipinski definition) is 3. The molecule has 0 saturated heterocycles. The zero-order valence-electron chi connectivity index (χ0n) is 8.24. The Hall–Kier alpha value is -1.72. The highest BCUT2D eigenvalue weighted by atomic mass is 16.5. The first-order valence-electron chi connectivity index (χ1n) is 4.46. The summed E-state index contributed by atoms with van der Waals surface area (Å²) in [6.45, 7) is 4.34. The molecule has 1 aromatic heterocycles. The number of nitrogens with zero attached hydrogens (tertiary/aromatic N) is 2. The predicted octanol–water partition coefficient (Wildman–Crippen LogP) is 1.42. The molecule has 0 amide bonds. The van der Waals surface area contributed by atoms with E-state index in [1.807, 2.05) is 13.8 Å². The van der Waals surface area contributed by atoms with Gasteiger partial charge in [-0.1, -0.05) is 12.1 Å². The maximum Gasteiger partial charge on any atom is 0.211 e. The predicted molar refractivity (Wildman–Crippen MR) is 52.9 cm³/mol. The third-order valence-electron chi connectivity index (χ3n) is 1.58. The van der Waals surface area contributed by atoms with E-state index < -0.39 is 0 Å². The number of H-pyrrole nitrogens is 1. The molecule has 3 N–H and O–H groups in total. The first kappa shape index (κ1) is 10.4. The summed E-state index contributed by atoms with van der Waals surface area (Å²) < 4.78 is 5.17. The van der Waals surface area contributed by atoms with E-state index in [0.717, 1.165) is 0 Å². The summed E-state index contributed by atoms with van der Waals surface area (Å²) in [7, 11) is 0. The number of nitrogens with one attached hydrogen (secondary N) is 2. The Bertz CT molecular complexity index is 308. The first-order chi connectivity index (χ1) is 6.80. The number of oxime groups is 1. The fourth-order valence-corrected chi connectivity index (χ4v) is 0.929. The van der Waals surface area contributed by atoms with Gasteiger partial charge in [-0.2, -0.15) is 5.10 Å². The molecule has 0 aliphatic carbocycles. The summed E-state index contributed by atoms with van der Waals surface area (Å²) in [6.07, 6.45) is 0.604. The zero-order chi connectivity index (χ0) is 10.4. The van der Waals surface area contributed by atoms with Crippen LogP contribution in [0, 0.1) is 0 Å². The molecule has 14 heavy (non-hydrogen) atoms. The molecule has 0 aromatic carbocycles. The molecule has 0 unspecified atom stereocenters. The molecule has 6 nitrogen and oxygen atoms in total. The second-order valence-corrected chi connectivity index (χ2v) is 2.58. The fraction of sp³-hybridized carbons (Fsp3) is 0.500. The van der Waals surface area contributed by atoms with E-state index in [1.54, 1.807) is 6.07 Å². The van der Waals surface area contributed by atoms with Crippen LogP contribution in [0.3, 0.4) is 0 Å². The van der Waals surface area contributed by atoms with E-state index in [9.17, 15) is 0 Å². The van der Waals surface area contributed by atoms with Gasteiger partial charge < -0.3 is 15.3 Å². The lowest BCUT2D eigenvalue weighted by atomic mass is 10.4. The van der Waals surface area contributed by atoms with E-state index in [2.05, 4.69) is 20.7 Å². The van der Waals surface area contributed by atoms with Crippen LogP contribution in [0.15, 0.2) is 11.2 Å². The first-order valence-corrected chi connectivity index (χ1v) is 4.46. The molecule has 0 fully saturated rings. The molecule has 6 heteroatoms. The van der Waals surface area contributed by atoms with Crippen molar-refractivity contribution in [2.45, 2.75) is 20.3 Å². The van der Waals surface area contributed by atoms with E-state index in [4.69, 9.17) is 9.94 Å². The smallest absolute Gasteiger partial charge is 0.211 e. The van der Waals surface area contributed by atoms with Crippen molar-refractivity contribution in [3.05, 3.63) is 6.07 Å². The maximum atomic E-state index is 8.55. The highest BCUT2D eigenvalue weighted by Crippen LogP contribution is 2.12. The van der Waals surface area contributed by atoms with Crippen LogP contribution < -0.4 is 10.1 Å². The van der Waals surface area contributed by atoms with Crippen LogP contribution in [-0.4, -0.2) is 27.8 Å². The molecule has 0 aliphatic heterocycles. The minimum absolute atomic E-state index is 0.458. The average Bonchev–Trinajstić information content (AvgIpc) is 2.63. The van der Waals surface area contributed by atoms with Crippen LogP contribution in [-0.2, 0) is 0 Å². The van der Waals surface area contributed by atoms with Gasteiger partial charge in [0.25, 0.3) is 0 Å². The van der Waals surface area contributed by atoms with E-state index in [0.29, 0.717) is 30.6 Å². The molecule has 1 aromatic rings. The van der Waals surface area contributed by atoms with E-state index in [1.165, 1.54) is 0 Å². The summed E-state index contributed by atoms with van der Waals surface area (Å²) in [5.41, 5.74) is 0. The van der Waals surface area contributed by atoms with Crippen LogP contribution >= 0.6 is 0 Å². The lowest BCUT2D eigenvalue weighted by Crippen LogP contribution is -2.10. The lowest BCUT2D eigenvalue weighted by molar-refractivity contribution is 0.318. The zero-order valence-corrected chi connectivity index (χ0v) is 8.24. The second-order valence-electron chi connectivity index (χ2n) is 2.58. The van der Waals surface area contributed by atoms with Crippen molar-refractivity contribution in [2.75, 3.05) is 11.9 Å². The van der Waals surface area contributed by atoms with Crippen LogP contribution in [0.4, 0.5) is 5.82 Å². The van der Waals surface area contributed by atoms with Crippen molar-refractivity contribution in [3.8, 4) is 5.88 Å². The van der Waals surface area contributed by atoms with Crippen molar-refractivity contribution in [1.82, 2.24) is 10.2 Å². The van der Waals surface area contributed by atoms with Crippen LogP contribution in [0.2, 0.25) is 0 Å². The third-order valence-corrected chi connectivity index (χ3v) is 1.58. The topological polar surface area (TPSA) is 82.5 Å². The van der Waals surface area contributed by atoms with Crippen molar-refractivity contribution >= 4 is 11.7 Å². The molecule has 0 radical (unpaired) electrons. The Morgan fingerprint density at radius 1 is 1.71 bits per heavy atom. The Morgan fingerprint density at radius 2 is 2.50 bits per heavy atom. The number of amidine groups is 1. The molecule has 1 rings (SSSR count). The maximum absolute atomic E-state index is 8.55. The molecule has 0 spiro atoms. The van der Waals surface area contributed by atoms with Crippen molar-refractivity contribution in [1.29, 1.82) is 0 Å². The Kier molecular flexibility index (Phi) is 3.78. The molecule has 0 aliphatic rings. The monoisotopic (exact) mass is 198 g/mol. The van der Waals surface area contributed by atoms with Crippen molar-refractivity contribution in [2.24, 2.45) is 5.16 Å². The van der Waals surface area contributed by atoms with Gasteiger partial charge in [0, 0.05) is 12.5 Å². The lowest BCUT2D eigenvalue weighted by Gasteiger charge is -2.00. The minimum Gasteiger partial charge on any atom is -0.478 e. The van der Waals surface area contributed by atoms with Gasteiger partial charge in [0.1, 0.15) is 5.84 Å². The van der Waals surface area contributed by atoms with Crippen LogP contribution in [0.25, 0.3) is 0 Å². The summed E-state index contributed by atoms with van der Waals surface area (Å²) >= 11 is 0. The van der Waals surface area contributed by atoms with Gasteiger partial charge in [-0.25, -0.2) is 5.10 Å². The molecule has 1 heterocycles. The van der Waals surface area contributed by atoms with Crippen LogP contribution in [0.1, 0.15) is 20.3 Å². The second kappa shape index (κ2) is 5.11. The van der Waals surface area contributed by atoms with Crippen LogP contribution in [0.5, 0.6) is 5.88 Å². The summed E-state index contributed by atoms with van der Waals surface area (Å²) in [6, 6.07) is 1.70. The molecular formula is C8H14N4O2. The number of anilines is 1. The highest BCUT2D eigenvalue weighted by molar-refractivity contribution is 5.93. The molecular weight excluding hydrogens is 184 g/mol. The number of rotatable bonds is 4. The third kappa shape index (κ3) is 2.65. The summed E-state index contributed by atoms with van der Waals surface area (Å²) in [5.74, 6) is 1.62. The number of hydrogen-bond acceptors (Lipinski definition) is 4. The van der Waals surface area contributed by atoms with Crippen molar-refractivity contribution < 1.29 is 9.94 Å². The number of aromatic nitrogens is 2. The van der Waals surface area contributed by atoms with Gasteiger partial charge in [-0.15, -0.1) is 0 Å². The summed E-state index contributed by atoms with van der Waals surface area (Å²) in [5, 5.41) is 21.1. The fourth-order valence-electron chi connectivity index (χ4n) is 0.929. The van der Waals surface area contributed by atoms with Gasteiger partial charge in [0.05, 0.1) is 6.61 Å². The quantitative estimate of drug-likeness (QED) is 0.296.